The van der Waals surface area contributed by atoms with Gasteiger partial charge in [-0.3, -0.25) is 9.59 Å². The molecule has 5 nitrogen and oxygen atoms in total. The van der Waals surface area contributed by atoms with Crippen molar-refractivity contribution in [1.29, 1.82) is 0 Å². The Morgan fingerprint density at radius 3 is 2.44 bits per heavy atom. The molecule has 1 atom stereocenters. The molecule has 1 heterocycles. The van der Waals surface area contributed by atoms with E-state index in [2.05, 4.69) is 10.6 Å². The van der Waals surface area contributed by atoms with E-state index in [0.717, 1.165) is 11.1 Å². The minimum Gasteiger partial charge on any atom is -0.459 e. The third-order valence-electron chi connectivity index (χ3n) is 4.21. The van der Waals surface area contributed by atoms with E-state index in [0.29, 0.717) is 16.3 Å². The molecule has 2 N–H and O–H groups in total. The molecule has 0 aliphatic carbocycles. The van der Waals surface area contributed by atoms with Crippen molar-refractivity contribution >= 4 is 29.1 Å². The number of nitrogens with one attached hydrogen (secondary N) is 2. The molecule has 27 heavy (non-hydrogen) atoms. The minimum absolute atomic E-state index is 0.183. The fourth-order valence-electron chi connectivity index (χ4n) is 2.60. The third kappa shape index (κ3) is 4.57. The zero-order valence-electron chi connectivity index (χ0n) is 15.0. The first-order chi connectivity index (χ1) is 12.9. The molecule has 2 amide bonds. The van der Waals surface area contributed by atoms with Gasteiger partial charge in [0.1, 0.15) is 0 Å². The number of anilines is 1. The first kappa shape index (κ1) is 18.7. The number of furan rings is 1. The summed E-state index contributed by atoms with van der Waals surface area (Å²) < 4.78 is 5.09. The molecule has 0 saturated heterocycles. The zero-order chi connectivity index (χ0) is 19.4. The van der Waals surface area contributed by atoms with E-state index in [1.807, 2.05) is 26.0 Å². The summed E-state index contributed by atoms with van der Waals surface area (Å²) in [5, 5.41) is 6.36. The van der Waals surface area contributed by atoms with Crippen LogP contribution in [0.4, 0.5) is 5.69 Å². The van der Waals surface area contributed by atoms with Crippen LogP contribution >= 0.6 is 11.6 Å². The topological polar surface area (TPSA) is 71.3 Å². The molecule has 1 aromatic heterocycles. The summed E-state index contributed by atoms with van der Waals surface area (Å²) in [6.07, 6.45) is 1.43. The highest BCUT2D eigenvalue weighted by atomic mass is 35.5. The van der Waals surface area contributed by atoms with E-state index < -0.39 is 0 Å². The van der Waals surface area contributed by atoms with Gasteiger partial charge in [0.2, 0.25) is 0 Å². The quantitative estimate of drug-likeness (QED) is 0.653. The van der Waals surface area contributed by atoms with Crippen molar-refractivity contribution < 1.29 is 14.0 Å². The zero-order valence-corrected chi connectivity index (χ0v) is 15.7. The summed E-state index contributed by atoms with van der Waals surface area (Å²) in [5.41, 5.74) is 2.81. The van der Waals surface area contributed by atoms with E-state index in [1.54, 1.807) is 42.5 Å². The van der Waals surface area contributed by atoms with Gasteiger partial charge in [-0.05, 0) is 61.4 Å². The maximum Gasteiger partial charge on any atom is 0.291 e. The Bertz CT molecular complexity index is 950. The first-order valence-electron chi connectivity index (χ1n) is 8.46. The van der Waals surface area contributed by atoms with Gasteiger partial charge in [-0.2, -0.15) is 0 Å². The van der Waals surface area contributed by atoms with Crippen LogP contribution in [0.25, 0.3) is 0 Å². The largest absolute Gasteiger partial charge is 0.459 e. The summed E-state index contributed by atoms with van der Waals surface area (Å²) >= 11 is 5.90. The average Bonchev–Trinajstić information content (AvgIpc) is 3.18. The molecule has 0 spiro atoms. The van der Waals surface area contributed by atoms with Gasteiger partial charge in [0, 0.05) is 16.3 Å². The van der Waals surface area contributed by atoms with E-state index in [4.69, 9.17) is 16.0 Å². The summed E-state index contributed by atoms with van der Waals surface area (Å²) in [5.74, 6) is -0.387. The van der Waals surface area contributed by atoms with Gasteiger partial charge in [-0.1, -0.05) is 29.8 Å². The number of carbonyl (C=O) groups excluding carboxylic acids is 2. The minimum atomic E-state index is -0.366. The predicted octanol–water partition coefficient (Wildman–Crippen LogP) is 4.98. The molecule has 1 unspecified atom stereocenters. The van der Waals surface area contributed by atoms with E-state index in [-0.39, 0.29) is 23.6 Å². The lowest BCUT2D eigenvalue weighted by molar-refractivity contribution is 0.0938. The standard InChI is InChI=1S/C21H19ClN2O3/c1-13-5-6-16(12-18(13)24-21(26)19-4-3-11-27-19)20(25)23-14(2)15-7-9-17(22)10-8-15/h3-12,14H,1-2H3,(H,23,25)(H,24,26). The lowest BCUT2D eigenvalue weighted by atomic mass is 10.1. The Labute approximate surface area is 162 Å². The van der Waals surface area contributed by atoms with Crippen LogP contribution in [0.15, 0.2) is 65.3 Å². The Morgan fingerprint density at radius 1 is 1.04 bits per heavy atom. The van der Waals surface area contributed by atoms with Crippen molar-refractivity contribution in [2.24, 2.45) is 0 Å². The molecule has 0 fully saturated rings. The average molecular weight is 383 g/mol. The van der Waals surface area contributed by atoms with E-state index in [1.165, 1.54) is 6.26 Å². The van der Waals surface area contributed by atoms with Gasteiger partial charge in [-0.25, -0.2) is 0 Å². The molecule has 0 radical (unpaired) electrons. The summed E-state index contributed by atoms with van der Waals surface area (Å²) in [6.45, 7) is 3.75. The van der Waals surface area contributed by atoms with Gasteiger partial charge in [0.05, 0.1) is 12.3 Å². The summed E-state index contributed by atoms with van der Waals surface area (Å²) in [4.78, 5) is 24.8. The van der Waals surface area contributed by atoms with Crippen LogP contribution in [0.2, 0.25) is 5.02 Å². The number of rotatable bonds is 5. The highest BCUT2D eigenvalue weighted by Gasteiger charge is 2.15. The molecule has 3 rings (SSSR count). The predicted molar refractivity (Wildman–Crippen MR) is 105 cm³/mol. The second-order valence-electron chi connectivity index (χ2n) is 6.21. The molecular weight excluding hydrogens is 364 g/mol. The normalized spacial score (nSPS) is 11.7. The molecule has 0 aliphatic heterocycles. The van der Waals surface area contributed by atoms with Crippen LogP contribution in [0, 0.1) is 6.92 Å². The number of amides is 2. The smallest absolute Gasteiger partial charge is 0.291 e. The Kier molecular flexibility index (Phi) is 5.62. The molecule has 6 heteroatoms. The van der Waals surface area contributed by atoms with Crippen LogP contribution in [-0.2, 0) is 0 Å². The second-order valence-corrected chi connectivity index (χ2v) is 6.64. The molecule has 0 bridgehead atoms. The van der Waals surface area contributed by atoms with Crippen molar-refractivity contribution in [3.05, 3.63) is 88.3 Å². The molecule has 0 aliphatic rings. The molecule has 0 saturated carbocycles. The monoisotopic (exact) mass is 382 g/mol. The lowest BCUT2D eigenvalue weighted by Gasteiger charge is -2.15. The van der Waals surface area contributed by atoms with Gasteiger partial charge in [0.15, 0.2) is 5.76 Å². The maximum atomic E-state index is 12.6. The van der Waals surface area contributed by atoms with Crippen LogP contribution in [0.1, 0.15) is 45.0 Å². The van der Waals surface area contributed by atoms with Crippen LogP contribution in [0.5, 0.6) is 0 Å². The SMILES string of the molecule is Cc1ccc(C(=O)NC(C)c2ccc(Cl)cc2)cc1NC(=O)c1ccco1. The number of benzene rings is 2. The van der Waals surface area contributed by atoms with E-state index in [9.17, 15) is 9.59 Å². The molecule has 2 aromatic carbocycles. The Morgan fingerprint density at radius 2 is 1.78 bits per heavy atom. The Hall–Kier alpha value is -3.05. The summed E-state index contributed by atoms with van der Waals surface area (Å²) in [6, 6.07) is 15.5. The molecule has 138 valence electrons. The number of carbonyl (C=O) groups is 2. The lowest BCUT2D eigenvalue weighted by Crippen LogP contribution is -2.26. The van der Waals surface area contributed by atoms with Crippen molar-refractivity contribution in [3.63, 3.8) is 0 Å². The number of hydrogen-bond donors (Lipinski definition) is 2. The number of hydrogen-bond acceptors (Lipinski definition) is 3. The molecule has 3 aromatic rings. The van der Waals surface area contributed by atoms with Gasteiger partial charge in [-0.15, -0.1) is 0 Å². The fourth-order valence-corrected chi connectivity index (χ4v) is 2.73. The Balaban J connectivity index is 1.73. The highest BCUT2D eigenvalue weighted by Crippen LogP contribution is 2.20. The van der Waals surface area contributed by atoms with Crippen LogP contribution in [0.3, 0.4) is 0 Å². The first-order valence-corrected chi connectivity index (χ1v) is 8.83. The van der Waals surface area contributed by atoms with Crippen molar-refractivity contribution in [2.45, 2.75) is 19.9 Å². The van der Waals surface area contributed by atoms with Crippen molar-refractivity contribution in [3.8, 4) is 0 Å². The van der Waals surface area contributed by atoms with Crippen LogP contribution < -0.4 is 10.6 Å². The van der Waals surface area contributed by atoms with Gasteiger partial charge < -0.3 is 15.1 Å². The van der Waals surface area contributed by atoms with Crippen LogP contribution in [-0.4, -0.2) is 11.8 Å². The van der Waals surface area contributed by atoms with Crippen molar-refractivity contribution in [2.75, 3.05) is 5.32 Å². The van der Waals surface area contributed by atoms with Gasteiger partial charge in [0.25, 0.3) is 11.8 Å². The van der Waals surface area contributed by atoms with Gasteiger partial charge >= 0.3 is 0 Å². The number of halogens is 1. The van der Waals surface area contributed by atoms with E-state index >= 15 is 0 Å². The van der Waals surface area contributed by atoms with Crippen molar-refractivity contribution in [1.82, 2.24) is 5.32 Å². The maximum absolute atomic E-state index is 12.6. The second kappa shape index (κ2) is 8.10. The molecular formula is C21H19ClN2O3. The highest BCUT2D eigenvalue weighted by molar-refractivity contribution is 6.30. The third-order valence-corrected chi connectivity index (χ3v) is 4.46. The number of aryl methyl sites for hydroxylation is 1. The summed E-state index contributed by atoms with van der Waals surface area (Å²) in [7, 11) is 0. The fraction of sp³-hybridized carbons (Fsp3) is 0.143.